The molecule has 0 fully saturated rings. The van der Waals surface area contributed by atoms with E-state index in [1.54, 1.807) is 24.3 Å². The SMILES string of the molecule is N#C/C(=C\c1cc(Br)c(OCc2cccc(F)c2)c(Br)c1)c1nc2ccccc2o1. The van der Waals surface area contributed by atoms with Gasteiger partial charge in [0.05, 0.1) is 8.95 Å². The second-order valence-electron chi connectivity index (χ2n) is 6.39. The van der Waals surface area contributed by atoms with Crippen LogP contribution in [0.1, 0.15) is 17.0 Å². The molecule has 148 valence electrons. The summed E-state index contributed by atoms with van der Waals surface area (Å²) in [4.78, 5) is 4.38. The Balaban J connectivity index is 1.60. The summed E-state index contributed by atoms with van der Waals surface area (Å²) in [6, 6.07) is 19.4. The fourth-order valence-electron chi connectivity index (χ4n) is 2.88. The van der Waals surface area contributed by atoms with E-state index >= 15 is 0 Å². The van der Waals surface area contributed by atoms with Crippen LogP contribution in [0.5, 0.6) is 5.75 Å². The Hall–Kier alpha value is -2.95. The van der Waals surface area contributed by atoms with Gasteiger partial charge >= 0.3 is 0 Å². The van der Waals surface area contributed by atoms with E-state index in [0.717, 1.165) is 11.1 Å². The number of halogens is 3. The van der Waals surface area contributed by atoms with Crippen LogP contribution in [0, 0.1) is 17.1 Å². The molecule has 0 N–H and O–H groups in total. The van der Waals surface area contributed by atoms with E-state index in [1.807, 2.05) is 30.3 Å². The summed E-state index contributed by atoms with van der Waals surface area (Å²) >= 11 is 7.00. The molecular weight excluding hydrogens is 515 g/mol. The normalized spacial score (nSPS) is 11.5. The summed E-state index contributed by atoms with van der Waals surface area (Å²) in [6.07, 6.45) is 1.69. The van der Waals surface area contributed by atoms with Crippen molar-refractivity contribution in [2.45, 2.75) is 6.61 Å². The van der Waals surface area contributed by atoms with Gasteiger partial charge in [0.1, 0.15) is 35.3 Å². The van der Waals surface area contributed by atoms with Gasteiger partial charge in [-0.05, 0) is 85.5 Å². The highest BCUT2D eigenvalue weighted by Crippen LogP contribution is 2.36. The first-order valence-electron chi connectivity index (χ1n) is 8.87. The molecule has 7 heteroatoms. The van der Waals surface area contributed by atoms with Gasteiger partial charge < -0.3 is 9.15 Å². The van der Waals surface area contributed by atoms with E-state index in [9.17, 15) is 9.65 Å². The van der Waals surface area contributed by atoms with Crippen LogP contribution < -0.4 is 4.74 Å². The molecule has 4 rings (SSSR count). The fourth-order valence-corrected chi connectivity index (χ4v) is 4.33. The Bertz CT molecular complexity index is 1250. The molecule has 0 aliphatic rings. The molecule has 4 nitrogen and oxygen atoms in total. The number of hydrogen-bond acceptors (Lipinski definition) is 4. The molecule has 3 aromatic carbocycles. The lowest BCUT2D eigenvalue weighted by Gasteiger charge is -2.11. The van der Waals surface area contributed by atoms with Crippen molar-refractivity contribution in [3.8, 4) is 11.8 Å². The van der Waals surface area contributed by atoms with E-state index in [4.69, 9.17) is 9.15 Å². The molecule has 4 aromatic rings. The van der Waals surface area contributed by atoms with Crippen molar-refractivity contribution >= 4 is 54.6 Å². The Morgan fingerprint density at radius 3 is 2.57 bits per heavy atom. The van der Waals surface area contributed by atoms with Gasteiger partial charge in [-0.1, -0.05) is 24.3 Å². The molecule has 0 saturated carbocycles. The first kappa shape index (κ1) is 20.3. The molecule has 30 heavy (non-hydrogen) atoms. The average molecular weight is 528 g/mol. The van der Waals surface area contributed by atoms with Crippen LogP contribution in [-0.4, -0.2) is 4.98 Å². The van der Waals surface area contributed by atoms with Gasteiger partial charge in [-0.25, -0.2) is 9.37 Å². The Labute approximate surface area is 188 Å². The number of para-hydroxylation sites is 2. The number of allylic oxidation sites excluding steroid dienone is 1. The summed E-state index contributed by atoms with van der Waals surface area (Å²) < 4.78 is 26.3. The van der Waals surface area contributed by atoms with Gasteiger partial charge in [0.25, 0.3) is 0 Å². The van der Waals surface area contributed by atoms with Crippen LogP contribution in [-0.2, 0) is 6.61 Å². The molecule has 0 spiro atoms. The standard InChI is InChI=1S/C23H13Br2FN2O2/c24-18-10-15(8-16(12-27)23-28-20-6-1-2-7-21(20)30-23)11-19(25)22(18)29-13-14-4-3-5-17(26)9-14/h1-11H,13H2/b16-8+. The van der Waals surface area contributed by atoms with Crippen LogP contribution in [0.25, 0.3) is 22.7 Å². The molecule has 0 saturated heterocycles. The van der Waals surface area contributed by atoms with E-state index in [2.05, 4.69) is 42.9 Å². The summed E-state index contributed by atoms with van der Waals surface area (Å²) in [5.41, 5.74) is 3.10. The molecular formula is C23H13Br2FN2O2. The first-order valence-corrected chi connectivity index (χ1v) is 10.5. The highest BCUT2D eigenvalue weighted by molar-refractivity contribution is 9.11. The van der Waals surface area contributed by atoms with Crippen molar-refractivity contribution in [1.82, 2.24) is 4.98 Å². The second-order valence-corrected chi connectivity index (χ2v) is 8.10. The van der Waals surface area contributed by atoms with Crippen LogP contribution >= 0.6 is 31.9 Å². The third-order valence-electron chi connectivity index (χ3n) is 4.25. The van der Waals surface area contributed by atoms with Crippen LogP contribution in [0.2, 0.25) is 0 Å². The zero-order valence-electron chi connectivity index (χ0n) is 15.4. The predicted molar refractivity (Wildman–Crippen MR) is 120 cm³/mol. The zero-order valence-corrected chi connectivity index (χ0v) is 18.6. The molecule has 0 amide bonds. The van der Waals surface area contributed by atoms with Crippen molar-refractivity contribution in [3.05, 3.63) is 92.4 Å². The topological polar surface area (TPSA) is 59.0 Å². The van der Waals surface area contributed by atoms with Crippen LogP contribution in [0.3, 0.4) is 0 Å². The van der Waals surface area contributed by atoms with Crippen molar-refractivity contribution in [1.29, 1.82) is 5.26 Å². The van der Waals surface area contributed by atoms with Crippen molar-refractivity contribution in [2.75, 3.05) is 0 Å². The maximum Gasteiger partial charge on any atom is 0.238 e. The molecule has 0 radical (unpaired) electrons. The second kappa shape index (κ2) is 8.82. The van der Waals surface area contributed by atoms with Gasteiger partial charge in [-0.15, -0.1) is 0 Å². The molecule has 0 aliphatic carbocycles. The number of nitrogens with zero attached hydrogens (tertiary/aromatic N) is 2. The highest BCUT2D eigenvalue weighted by Gasteiger charge is 2.13. The zero-order chi connectivity index (χ0) is 21.1. The minimum Gasteiger partial charge on any atom is -0.487 e. The molecule has 1 heterocycles. The number of rotatable bonds is 5. The van der Waals surface area contributed by atoms with Crippen LogP contribution in [0.15, 0.2) is 74.0 Å². The summed E-state index contributed by atoms with van der Waals surface area (Å²) in [6.45, 7) is 0.219. The molecule has 0 unspecified atom stereocenters. The van der Waals surface area contributed by atoms with Crippen molar-refractivity contribution in [2.24, 2.45) is 0 Å². The Morgan fingerprint density at radius 1 is 1.10 bits per heavy atom. The van der Waals surface area contributed by atoms with Gasteiger partial charge in [0.15, 0.2) is 5.58 Å². The Kier molecular flexibility index (Phi) is 5.98. The maximum absolute atomic E-state index is 13.3. The van der Waals surface area contributed by atoms with Crippen molar-refractivity contribution < 1.29 is 13.5 Å². The lowest BCUT2D eigenvalue weighted by molar-refractivity contribution is 0.301. The molecule has 0 atom stereocenters. The van der Waals surface area contributed by atoms with E-state index < -0.39 is 0 Å². The third kappa shape index (κ3) is 4.45. The monoisotopic (exact) mass is 526 g/mol. The van der Waals surface area contributed by atoms with Crippen molar-refractivity contribution in [3.63, 3.8) is 0 Å². The van der Waals surface area contributed by atoms with Gasteiger partial charge in [0.2, 0.25) is 5.89 Å². The van der Waals surface area contributed by atoms with E-state index in [0.29, 0.717) is 31.4 Å². The number of fused-ring (bicyclic) bond motifs is 1. The summed E-state index contributed by atoms with van der Waals surface area (Å²) in [7, 11) is 0. The lowest BCUT2D eigenvalue weighted by atomic mass is 10.1. The number of nitriles is 1. The number of hydrogen-bond donors (Lipinski definition) is 0. The molecule has 0 aliphatic heterocycles. The van der Waals surface area contributed by atoms with E-state index in [-0.39, 0.29) is 18.3 Å². The number of oxazole rings is 1. The third-order valence-corrected chi connectivity index (χ3v) is 5.43. The fraction of sp³-hybridized carbons (Fsp3) is 0.0435. The average Bonchev–Trinajstić information content (AvgIpc) is 3.15. The summed E-state index contributed by atoms with van der Waals surface area (Å²) in [5, 5.41) is 9.59. The number of aromatic nitrogens is 1. The minimum absolute atomic E-state index is 0.219. The Morgan fingerprint density at radius 2 is 1.87 bits per heavy atom. The minimum atomic E-state index is -0.307. The van der Waals surface area contributed by atoms with E-state index in [1.165, 1.54) is 12.1 Å². The lowest BCUT2D eigenvalue weighted by Crippen LogP contribution is -1.98. The number of ether oxygens (including phenoxy) is 1. The summed E-state index contributed by atoms with van der Waals surface area (Å²) in [5.74, 6) is 0.534. The molecule has 0 bridgehead atoms. The predicted octanol–water partition coefficient (Wildman–Crippen LogP) is 7.14. The number of benzene rings is 3. The smallest absolute Gasteiger partial charge is 0.238 e. The highest BCUT2D eigenvalue weighted by atomic mass is 79.9. The van der Waals surface area contributed by atoms with Gasteiger partial charge in [-0.3, -0.25) is 0 Å². The largest absolute Gasteiger partial charge is 0.487 e. The maximum atomic E-state index is 13.3. The van der Waals surface area contributed by atoms with Crippen LogP contribution in [0.4, 0.5) is 4.39 Å². The first-order chi connectivity index (χ1) is 14.5. The van der Waals surface area contributed by atoms with Gasteiger partial charge in [0, 0.05) is 0 Å². The van der Waals surface area contributed by atoms with Gasteiger partial charge in [-0.2, -0.15) is 5.26 Å². The quantitative estimate of drug-likeness (QED) is 0.259. The molecule has 1 aromatic heterocycles.